The van der Waals surface area contributed by atoms with Gasteiger partial charge in [0.25, 0.3) is 11.5 Å². The Hall–Kier alpha value is -2.23. The molecule has 3 heterocycles. The number of aromatic nitrogens is 2. The van der Waals surface area contributed by atoms with Crippen LogP contribution in [0.15, 0.2) is 34.1 Å². The third kappa shape index (κ3) is 4.68. The van der Waals surface area contributed by atoms with E-state index in [-0.39, 0.29) is 17.5 Å². The summed E-state index contributed by atoms with van der Waals surface area (Å²) in [6, 6.07) is 5.59. The van der Waals surface area contributed by atoms with E-state index in [1.54, 1.807) is 29.3 Å². The lowest BCUT2D eigenvalue weighted by atomic mass is 10.2. The molecule has 1 amide bonds. The second kappa shape index (κ2) is 9.93. The average molecular weight is 459 g/mol. The van der Waals surface area contributed by atoms with Gasteiger partial charge < -0.3 is 10.1 Å². The number of carbonyl (C=O) groups is 1. The Labute approximate surface area is 190 Å². The van der Waals surface area contributed by atoms with Crippen molar-refractivity contribution in [2.24, 2.45) is 0 Å². The maximum atomic E-state index is 13.2. The van der Waals surface area contributed by atoms with Gasteiger partial charge in [-0.2, -0.15) is 0 Å². The number of nitrogens with zero attached hydrogens (tertiary/aromatic N) is 3. The number of pyridine rings is 1. The van der Waals surface area contributed by atoms with E-state index in [0.717, 1.165) is 32.1 Å². The molecule has 2 aliphatic rings. The maximum Gasteiger partial charge on any atom is 0.267 e. The normalized spacial score (nSPS) is 18.6. The fourth-order valence-corrected chi connectivity index (χ4v) is 5.36. The van der Waals surface area contributed by atoms with Crippen molar-refractivity contribution in [3.8, 4) is 0 Å². The van der Waals surface area contributed by atoms with Crippen LogP contribution in [-0.4, -0.2) is 50.3 Å². The predicted molar refractivity (Wildman–Crippen MR) is 128 cm³/mol. The Morgan fingerprint density at radius 2 is 2.13 bits per heavy atom. The van der Waals surface area contributed by atoms with Crippen LogP contribution in [0.1, 0.15) is 44.6 Å². The highest BCUT2D eigenvalue weighted by molar-refractivity contribution is 8.26. The molecule has 4 rings (SSSR count). The number of fused-ring (bicyclic) bond motifs is 1. The molecule has 2 fully saturated rings. The van der Waals surface area contributed by atoms with Gasteiger partial charge in [0.1, 0.15) is 15.8 Å². The van der Waals surface area contributed by atoms with Crippen molar-refractivity contribution in [2.75, 3.05) is 25.1 Å². The van der Waals surface area contributed by atoms with E-state index in [1.807, 2.05) is 13.0 Å². The number of hydrogen-bond donors (Lipinski definition) is 1. The number of ether oxygens (including phenoxy) is 1. The van der Waals surface area contributed by atoms with Crippen molar-refractivity contribution in [3.63, 3.8) is 0 Å². The first-order chi connectivity index (χ1) is 15.1. The first-order valence-corrected chi connectivity index (χ1v) is 11.9. The van der Waals surface area contributed by atoms with Gasteiger partial charge in [0.15, 0.2) is 0 Å². The number of carbonyl (C=O) groups excluding carboxylic acids is 1. The number of thiocarbonyl (C=S) groups is 1. The minimum absolute atomic E-state index is 0.109. The molecule has 1 saturated carbocycles. The molecule has 1 aliphatic heterocycles. The molecule has 1 saturated heterocycles. The Morgan fingerprint density at radius 3 is 2.90 bits per heavy atom. The zero-order chi connectivity index (χ0) is 21.8. The van der Waals surface area contributed by atoms with Crippen LogP contribution in [0.3, 0.4) is 0 Å². The summed E-state index contributed by atoms with van der Waals surface area (Å²) >= 11 is 6.77. The smallest absolute Gasteiger partial charge is 0.267 e. The molecule has 0 spiro atoms. The lowest BCUT2D eigenvalue weighted by molar-refractivity contribution is -0.123. The molecular formula is C22H26N4O3S2. The van der Waals surface area contributed by atoms with Crippen molar-refractivity contribution in [2.45, 2.75) is 45.1 Å². The van der Waals surface area contributed by atoms with E-state index in [1.165, 1.54) is 16.2 Å². The summed E-state index contributed by atoms with van der Waals surface area (Å²) in [4.78, 5) is 33.2. The molecule has 0 atom stereocenters. The topological polar surface area (TPSA) is 75.9 Å². The minimum Gasteiger partial charge on any atom is -0.382 e. The van der Waals surface area contributed by atoms with Gasteiger partial charge in [0, 0.05) is 32.0 Å². The summed E-state index contributed by atoms with van der Waals surface area (Å²) in [7, 11) is 0. The van der Waals surface area contributed by atoms with Crippen LogP contribution in [0.2, 0.25) is 0 Å². The molecule has 31 heavy (non-hydrogen) atoms. The zero-order valence-electron chi connectivity index (χ0n) is 17.5. The third-order valence-corrected chi connectivity index (χ3v) is 6.85. The molecule has 164 valence electrons. The number of thioether (sulfide) groups is 1. The summed E-state index contributed by atoms with van der Waals surface area (Å²) in [6.45, 7) is 3.87. The molecule has 0 bridgehead atoms. The van der Waals surface area contributed by atoms with E-state index in [0.29, 0.717) is 46.0 Å². The van der Waals surface area contributed by atoms with Crippen LogP contribution in [-0.2, 0) is 9.53 Å². The summed E-state index contributed by atoms with van der Waals surface area (Å²) in [5.41, 5.74) is 0.700. The quantitative estimate of drug-likeness (QED) is 0.367. The van der Waals surface area contributed by atoms with Crippen LogP contribution in [0.4, 0.5) is 5.82 Å². The third-order valence-electron chi connectivity index (χ3n) is 5.52. The van der Waals surface area contributed by atoms with Gasteiger partial charge in [-0.15, -0.1) is 0 Å². The van der Waals surface area contributed by atoms with Gasteiger partial charge in [-0.05, 0) is 44.4 Å². The van der Waals surface area contributed by atoms with Gasteiger partial charge in [-0.3, -0.25) is 18.9 Å². The van der Waals surface area contributed by atoms with Gasteiger partial charge in [0.2, 0.25) is 0 Å². The predicted octanol–water partition coefficient (Wildman–Crippen LogP) is 3.68. The van der Waals surface area contributed by atoms with Crippen molar-refractivity contribution < 1.29 is 9.53 Å². The average Bonchev–Trinajstić information content (AvgIpc) is 3.38. The Balaban J connectivity index is 1.67. The maximum absolute atomic E-state index is 13.2. The van der Waals surface area contributed by atoms with Gasteiger partial charge in [-0.1, -0.05) is 42.9 Å². The lowest BCUT2D eigenvalue weighted by Gasteiger charge is -2.21. The van der Waals surface area contributed by atoms with Crippen LogP contribution >= 0.6 is 24.0 Å². The number of anilines is 1. The molecule has 0 radical (unpaired) electrons. The van der Waals surface area contributed by atoms with Gasteiger partial charge in [0.05, 0.1) is 10.5 Å². The second-order valence-corrected chi connectivity index (χ2v) is 9.25. The van der Waals surface area contributed by atoms with Crippen molar-refractivity contribution in [3.05, 3.63) is 45.2 Å². The molecular weight excluding hydrogens is 432 g/mol. The van der Waals surface area contributed by atoms with E-state index in [4.69, 9.17) is 17.0 Å². The van der Waals surface area contributed by atoms with Crippen LogP contribution < -0.4 is 10.9 Å². The Bertz CT molecular complexity index is 1080. The molecule has 9 heteroatoms. The molecule has 1 N–H and O–H groups in total. The summed E-state index contributed by atoms with van der Waals surface area (Å²) in [5.74, 6) is 0.362. The highest BCUT2D eigenvalue weighted by Crippen LogP contribution is 2.38. The molecule has 0 unspecified atom stereocenters. The molecule has 2 aromatic rings. The van der Waals surface area contributed by atoms with E-state index in [2.05, 4.69) is 10.3 Å². The van der Waals surface area contributed by atoms with Gasteiger partial charge >= 0.3 is 0 Å². The van der Waals surface area contributed by atoms with Crippen molar-refractivity contribution >= 4 is 51.7 Å². The van der Waals surface area contributed by atoms with Crippen molar-refractivity contribution in [1.82, 2.24) is 14.3 Å². The van der Waals surface area contributed by atoms with Crippen LogP contribution in [0, 0.1) is 0 Å². The monoisotopic (exact) mass is 458 g/mol. The SMILES string of the molecule is CCOCCCNc1nc2ccccn2c(=O)c1C=C1SC(=S)N(C2CCCC2)C1=O. The summed E-state index contributed by atoms with van der Waals surface area (Å²) < 4.78 is 7.45. The highest BCUT2D eigenvalue weighted by Gasteiger charge is 2.38. The number of nitrogens with one attached hydrogen (secondary N) is 1. The largest absolute Gasteiger partial charge is 0.382 e. The summed E-state index contributed by atoms with van der Waals surface area (Å²) in [5, 5.41) is 3.26. The number of amides is 1. The Morgan fingerprint density at radius 1 is 1.32 bits per heavy atom. The first kappa shape index (κ1) is 22.0. The zero-order valence-corrected chi connectivity index (χ0v) is 19.1. The number of hydrogen-bond acceptors (Lipinski definition) is 7. The molecule has 1 aliphatic carbocycles. The highest BCUT2D eigenvalue weighted by atomic mass is 32.2. The van der Waals surface area contributed by atoms with E-state index >= 15 is 0 Å². The second-order valence-electron chi connectivity index (χ2n) is 7.58. The number of rotatable bonds is 8. The fourth-order valence-electron chi connectivity index (χ4n) is 3.98. The molecule has 7 nitrogen and oxygen atoms in total. The lowest BCUT2D eigenvalue weighted by Crippen LogP contribution is -2.36. The molecule has 0 aromatic carbocycles. The molecule has 2 aromatic heterocycles. The van der Waals surface area contributed by atoms with E-state index < -0.39 is 0 Å². The first-order valence-electron chi connectivity index (χ1n) is 10.7. The Kier molecular flexibility index (Phi) is 7.04. The van der Waals surface area contributed by atoms with Crippen LogP contribution in [0.25, 0.3) is 11.7 Å². The fraction of sp³-hybridized carbons (Fsp3) is 0.455. The summed E-state index contributed by atoms with van der Waals surface area (Å²) in [6.07, 6.45) is 8.31. The van der Waals surface area contributed by atoms with E-state index in [9.17, 15) is 9.59 Å². The van der Waals surface area contributed by atoms with Crippen LogP contribution in [0.5, 0.6) is 0 Å². The van der Waals surface area contributed by atoms with Gasteiger partial charge in [-0.25, -0.2) is 4.98 Å². The van der Waals surface area contributed by atoms with Crippen molar-refractivity contribution in [1.29, 1.82) is 0 Å². The standard InChI is InChI=1S/C22H26N4O3S2/c1-2-29-13-7-11-23-19-16(20(27)25-12-6-5-10-18(25)24-19)14-17-21(28)26(22(30)31-17)15-8-3-4-9-15/h5-6,10,12,14-15,23H,2-4,7-9,11,13H2,1H3. The minimum atomic E-state index is -0.218.